The van der Waals surface area contributed by atoms with Crippen molar-refractivity contribution < 1.29 is 0 Å². The molecule has 0 radical (unpaired) electrons. The van der Waals surface area contributed by atoms with Crippen molar-refractivity contribution in [2.75, 3.05) is 5.88 Å². The Hall–Kier alpha value is -1.28. The number of nitrogens with zero attached hydrogens (tertiary/aromatic N) is 2. The van der Waals surface area contributed by atoms with E-state index in [1.165, 1.54) is 17.0 Å². The second kappa shape index (κ2) is 7.13. The maximum atomic E-state index is 6.42. The molecule has 0 spiro atoms. The predicted molar refractivity (Wildman–Crippen MR) is 90.1 cm³/mol. The van der Waals surface area contributed by atoms with Crippen molar-refractivity contribution in [3.63, 3.8) is 0 Å². The van der Waals surface area contributed by atoms with Crippen molar-refractivity contribution in [1.82, 2.24) is 9.78 Å². The van der Waals surface area contributed by atoms with Crippen LogP contribution in [0.15, 0.2) is 36.4 Å². The highest BCUT2D eigenvalue weighted by Gasteiger charge is 2.31. The zero-order valence-corrected chi connectivity index (χ0v) is 14.0. The molecule has 1 atom stereocenters. The maximum Gasteiger partial charge on any atom is 0.0624 e. The van der Waals surface area contributed by atoms with Gasteiger partial charge in [-0.2, -0.15) is 5.10 Å². The number of hydrogen-bond donors (Lipinski definition) is 0. The minimum atomic E-state index is -0.0131. The van der Waals surface area contributed by atoms with Crippen molar-refractivity contribution in [2.45, 2.75) is 52.0 Å². The Balaban J connectivity index is 2.39. The first-order chi connectivity index (χ1) is 10.2. The molecule has 21 heavy (non-hydrogen) atoms. The monoisotopic (exact) mass is 304 g/mol. The first-order valence-corrected chi connectivity index (χ1v) is 8.39. The smallest absolute Gasteiger partial charge is 0.0624 e. The summed E-state index contributed by atoms with van der Waals surface area (Å²) >= 11 is 6.42. The number of halogens is 1. The standard InChI is InChI=1S/C18H25ClN2/c1-4-16-12-17(21(6-3)20-16)13-18(5-2,14-19)15-10-8-7-9-11-15/h7-12H,4-6,13-14H2,1-3H3. The van der Waals surface area contributed by atoms with Gasteiger partial charge in [0.1, 0.15) is 0 Å². The fourth-order valence-electron chi connectivity index (χ4n) is 2.89. The molecule has 2 rings (SSSR count). The van der Waals surface area contributed by atoms with E-state index in [1.54, 1.807) is 0 Å². The molecule has 0 aliphatic rings. The zero-order chi connectivity index (χ0) is 15.3. The van der Waals surface area contributed by atoms with Gasteiger partial charge in [-0.05, 0) is 31.4 Å². The van der Waals surface area contributed by atoms with E-state index in [-0.39, 0.29) is 5.41 Å². The first kappa shape index (κ1) is 16.1. The molecule has 0 N–H and O–H groups in total. The van der Waals surface area contributed by atoms with Crippen LogP contribution in [0, 0.1) is 0 Å². The summed E-state index contributed by atoms with van der Waals surface area (Å²) in [6.45, 7) is 7.43. The zero-order valence-electron chi connectivity index (χ0n) is 13.3. The van der Waals surface area contributed by atoms with Gasteiger partial charge in [-0.3, -0.25) is 4.68 Å². The molecule has 0 saturated carbocycles. The van der Waals surface area contributed by atoms with Gasteiger partial charge in [-0.15, -0.1) is 11.6 Å². The summed E-state index contributed by atoms with van der Waals surface area (Å²) in [4.78, 5) is 0. The van der Waals surface area contributed by atoms with Gasteiger partial charge in [0, 0.05) is 30.0 Å². The van der Waals surface area contributed by atoms with Crippen molar-refractivity contribution >= 4 is 11.6 Å². The van der Waals surface area contributed by atoms with Gasteiger partial charge < -0.3 is 0 Å². The predicted octanol–water partition coefficient (Wildman–Crippen LogP) is 4.59. The van der Waals surface area contributed by atoms with Crippen molar-refractivity contribution in [3.8, 4) is 0 Å². The molecular weight excluding hydrogens is 280 g/mol. The van der Waals surface area contributed by atoms with Crippen LogP contribution in [0.4, 0.5) is 0 Å². The van der Waals surface area contributed by atoms with Crippen LogP contribution in [-0.2, 0) is 24.8 Å². The number of rotatable bonds is 7. The van der Waals surface area contributed by atoms with E-state index < -0.39 is 0 Å². The Bertz CT molecular complexity index is 556. The molecule has 0 aliphatic heterocycles. The Morgan fingerprint density at radius 1 is 1.14 bits per heavy atom. The van der Waals surface area contributed by atoms with Crippen LogP contribution < -0.4 is 0 Å². The van der Waals surface area contributed by atoms with Crippen molar-refractivity contribution in [3.05, 3.63) is 53.3 Å². The third-order valence-electron chi connectivity index (χ3n) is 4.41. The number of hydrogen-bond acceptors (Lipinski definition) is 1. The summed E-state index contributed by atoms with van der Waals surface area (Å²) in [6.07, 6.45) is 2.94. The number of benzene rings is 1. The van der Waals surface area contributed by atoms with E-state index in [9.17, 15) is 0 Å². The molecule has 1 aromatic carbocycles. The summed E-state index contributed by atoms with van der Waals surface area (Å²) in [5.41, 5.74) is 3.77. The van der Waals surface area contributed by atoms with Crippen LogP contribution in [-0.4, -0.2) is 15.7 Å². The highest BCUT2D eigenvalue weighted by Crippen LogP contribution is 2.33. The molecule has 2 aromatic rings. The number of aromatic nitrogens is 2. The Morgan fingerprint density at radius 3 is 2.38 bits per heavy atom. The van der Waals surface area contributed by atoms with E-state index in [2.05, 4.69) is 66.9 Å². The van der Waals surface area contributed by atoms with Gasteiger partial charge in [0.25, 0.3) is 0 Å². The summed E-state index contributed by atoms with van der Waals surface area (Å²) in [6, 6.07) is 12.9. The molecule has 0 fully saturated rings. The van der Waals surface area contributed by atoms with Gasteiger partial charge in [0.15, 0.2) is 0 Å². The lowest BCUT2D eigenvalue weighted by Crippen LogP contribution is -2.31. The molecule has 1 unspecified atom stereocenters. The van der Waals surface area contributed by atoms with E-state index in [0.717, 1.165) is 25.8 Å². The summed E-state index contributed by atoms with van der Waals surface area (Å²) in [7, 11) is 0. The lowest BCUT2D eigenvalue weighted by atomic mass is 9.76. The van der Waals surface area contributed by atoms with Crippen LogP contribution in [0.25, 0.3) is 0 Å². The van der Waals surface area contributed by atoms with Crippen LogP contribution in [0.3, 0.4) is 0 Å². The largest absolute Gasteiger partial charge is 0.270 e. The van der Waals surface area contributed by atoms with Crippen LogP contribution in [0.5, 0.6) is 0 Å². The Labute approximate surface area is 133 Å². The molecule has 3 heteroatoms. The number of aryl methyl sites for hydroxylation is 2. The summed E-state index contributed by atoms with van der Waals surface area (Å²) < 4.78 is 2.12. The van der Waals surface area contributed by atoms with E-state index in [0.29, 0.717) is 5.88 Å². The van der Waals surface area contributed by atoms with Crippen molar-refractivity contribution in [1.29, 1.82) is 0 Å². The summed E-state index contributed by atoms with van der Waals surface area (Å²) in [5, 5.41) is 4.67. The summed E-state index contributed by atoms with van der Waals surface area (Å²) in [5.74, 6) is 0.629. The molecule has 0 aliphatic carbocycles. The van der Waals surface area contributed by atoms with Gasteiger partial charge in [-0.1, -0.05) is 44.2 Å². The lowest BCUT2D eigenvalue weighted by molar-refractivity contribution is 0.437. The van der Waals surface area contributed by atoms with Gasteiger partial charge in [0.2, 0.25) is 0 Å². The molecule has 2 nitrogen and oxygen atoms in total. The van der Waals surface area contributed by atoms with Gasteiger partial charge in [-0.25, -0.2) is 0 Å². The topological polar surface area (TPSA) is 17.8 Å². The molecule has 0 saturated heterocycles. The SMILES string of the molecule is CCc1cc(CC(CC)(CCl)c2ccccc2)n(CC)n1. The van der Waals surface area contributed by atoms with Crippen molar-refractivity contribution in [2.24, 2.45) is 0 Å². The molecular formula is C18H25ClN2. The molecule has 1 heterocycles. The number of alkyl halides is 1. The van der Waals surface area contributed by atoms with Crippen LogP contribution >= 0.6 is 11.6 Å². The Morgan fingerprint density at radius 2 is 1.86 bits per heavy atom. The fourth-order valence-corrected chi connectivity index (χ4v) is 3.33. The lowest BCUT2D eigenvalue weighted by Gasteiger charge is -2.31. The molecule has 1 aromatic heterocycles. The van der Waals surface area contributed by atoms with Crippen LogP contribution in [0.1, 0.15) is 44.1 Å². The fraction of sp³-hybridized carbons (Fsp3) is 0.500. The third-order valence-corrected chi connectivity index (χ3v) is 4.93. The second-order valence-electron chi connectivity index (χ2n) is 5.61. The van der Waals surface area contributed by atoms with E-state index in [1.807, 2.05) is 0 Å². The average Bonchev–Trinajstić information content (AvgIpc) is 2.95. The quantitative estimate of drug-likeness (QED) is 0.684. The second-order valence-corrected chi connectivity index (χ2v) is 5.87. The van der Waals surface area contributed by atoms with Gasteiger partial charge >= 0.3 is 0 Å². The van der Waals surface area contributed by atoms with E-state index >= 15 is 0 Å². The third kappa shape index (κ3) is 3.32. The average molecular weight is 305 g/mol. The van der Waals surface area contributed by atoms with E-state index in [4.69, 9.17) is 11.6 Å². The highest BCUT2D eigenvalue weighted by atomic mass is 35.5. The maximum absolute atomic E-state index is 6.42. The first-order valence-electron chi connectivity index (χ1n) is 7.86. The minimum absolute atomic E-state index is 0.0131. The molecule has 0 bridgehead atoms. The normalized spacial score (nSPS) is 14.1. The van der Waals surface area contributed by atoms with Crippen LogP contribution in [0.2, 0.25) is 0 Å². The Kier molecular flexibility index (Phi) is 5.46. The minimum Gasteiger partial charge on any atom is -0.270 e. The molecule has 0 amide bonds. The molecule has 114 valence electrons. The van der Waals surface area contributed by atoms with Gasteiger partial charge in [0.05, 0.1) is 5.69 Å². The highest BCUT2D eigenvalue weighted by molar-refractivity contribution is 6.18.